The van der Waals surface area contributed by atoms with E-state index >= 15 is 0 Å². The van der Waals surface area contributed by atoms with Crippen LogP contribution in [0.3, 0.4) is 0 Å². The Morgan fingerprint density at radius 2 is 1.47 bits per heavy atom. The standard InChI is InChI=1S/C15H15.BrH.ClH.Li.Mg/c1-11-9-12(2)15(13(3)10-11)14-7-5-4-6-8-14;;;;/h4-7,9-10H,1-3H3;2*1H;;/q-1;;;+1;+2/p-2. The third-order valence-corrected chi connectivity index (χ3v) is 2.66. The van der Waals surface area contributed by atoms with Gasteiger partial charge in [0.05, 0.1) is 0 Å². The number of halogens is 2. The first-order chi connectivity index (χ1) is 7.18. The number of aryl methyl sites for hydroxylation is 3. The molecule has 0 aliphatic heterocycles. The van der Waals surface area contributed by atoms with Gasteiger partial charge in [0.15, 0.2) is 0 Å². The molecular formula is C15H15BrClLiMg. The molecule has 0 aliphatic carbocycles. The van der Waals surface area contributed by atoms with E-state index in [1.807, 2.05) is 12.1 Å². The van der Waals surface area contributed by atoms with Crippen molar-refractivity contribution in [1.29, 1.82) is 0 Å². The maximum absolute atomic E-state index is 3.29. The maximum atomic E-state index is 3.29. The fourth-order valence-electron chi connectivity index (χ4n) is 2.15. The Labute approximate surface area is 161 Å². The van der Waals surface area contributed by atoms with E-state index in [1.54, 1.807) is 0 Å². The molecule has 0 N–H and O–H groups in total. The van der Waals surface area contributed by atoms with Crippen LogP contribution in [0.4, 0.5) is 0 Å². The Hall–Kier alpha value is 0.574. The number of benzene rings is 2. The van der Waals surface area contributed by atoms with Crippen molar-refractivity contribution in [3.63, 3.8) is 0 Å². The minimum Gasteiger partial charge on any atom is -1.00 e. The Morgan fingerprint density at radius 1 is 0.947 bits per heavy atom. The average Bonchev–Trinajstić information content (AvgIpc) is 2.17. The zero-order valence-electron chi connectivity index (χ0n) is 11.9. The van der Waals surface area contributed by atoms with Crippen LogP contribution >= 0.6 is 0 Å². The molecule has 2 aromatic rings. The molecule has 2 aromatic carbocycles. The first kappa shape index (κ1) is 24.6. The summed E-state index contributed by atoms with van der Waals surface area (Å²) in [5.74, 6) is 0. The average molecular weight is 342 g/mol. The van der Waals surface area contributed by atoms with Gasteiger partial charge in [0.2, 0.25) is 0 Å². The quantitative estimate of drug-likeness (QED) is 0.359. The Kier molecular flexibility index (Phi) is 14.6. The van der Waals surface area contributed by atoms with Gasteiger partial charge in [0.1, 0.15) is 0 Å². The van der Waals surface area contributed by atoms with E-state index in [-0.39, 0.29) is 71.3 Å². The summed E-state index contributed by atoms with van der Waals surface area (Å²) in [6.07, 6.45) is 0. The van der Waals surface area contributed by atoms with Gasteiger partial charge in [-0.15, -0.1) is 35.9 Å². The molecule has 0 radical (unpaired) electrons. The van der Waals surface area contributed by atoms with Gasteiger partial charge in [-0.25, -0.2) is 0 Å². The van der Waals surface area contributed by atoms with Crippen LogP contribution in [0.2, 0.25) is 0 Å². The van der Waals surface area contributed by atoms with Crippen LogP contribution in [0, 0.1) is 26.8 Å². The fraction of sp³-hybridized carbons (Fsp3) is 0.200. The van der Waals surface area contributed by atoms with Crippen LogP contribution in [-0.4, -0.2) is 23.1 Å². The van der Waals surface area contributed by atoms with Gasteiger partial charge in [0, 0.05) is 0 Å². The largest absolute Gasteiger partial charge is 2.00 e. The minimum atomic E-state index is 0. The monoisotopic (exact) mass is 340 g/mol. The maximum Gasteiger partial charge on any atom is 2.00 e. The summed E-state index contributed by atoms with van der Waals surface area (Å²) in [5, 5.41) is 0. The van der Waals surface area contributed by atoms with Gasteiger partial charge in [0.25, 0.3) is 0 Å². The summed E-state index contributed by atoms with van der Waals surface area (Å²) in [7, 11) is 0. The number of rotatable bonds is 1. The fourth-order valence-corrected chi connectivity index (χ4v) is 2.15. The van der Waals surface area contributed by atoms with Gasteiger partial charge in [-0.1, -0.05) is 34.4 Å². The van der Waals surface area contributed by atoms with Crippen LogP contribution in [0.25, 0.3) is 11.1 Å². The van der Waals surface area contributed by atoms with Crippen LogP contribution < -0.4 is 48.2 Å². The summed E-state index contributed by atoms with van der Waals surface area (Å²) in [4.78, 5) is 0. The molecule has 0 unspecified atom stereocenters. The Bertz CT molecular complexity index is 466. The van der Waals surface area contributed by atoms with E-state index in [0.717, 1.165) is 0 Å². The third-order valence-electron chi connectivity index (χ3n) is 2.66. The van der Waals surface area contributed by atoms with Crippen molar-refractivity contribution in [2.75, 3.05) is 0 Å². The predicted molar refractivity (Wildman–Crippen MR) is 70.7 cm³/mol. The zero-order valence-corrected chi connectivity index (χ0v) is 15.7. The SMILES string of the molecule is Cc1cc(C)c(-c2[c-]cccc2)c(C)c1.[Br-].[Cl-].[Li+].[Mg+2]. The summed E-state index contributed by atoms with van der Waals surface area (Å²) < 4.78 is 0. The Balaban J connectivity index is -0.000000640. The first-order valence-electron chi connectivity index (χ1n) is 5.23. The van der Waals surface area contributed by atoms with Gasteiger partial charge in [-0.05, 0) is 20.8 Å². The zero-order chi connectivity index (χ0) is 10.8. The molecule has 19 heavy (non-hydrogen) atoms. The summed E-state index contributed by atoms with van der Waals surface area (Å²) in [6, 6.07) is 15.9. The summed E-state index contributed by atoms with van der Waals surface area (Å²) >= 11 is 0. The third kappa shape index (κ3) is 6.25. The molecule has 0 heterocycles. The second kappa shape index (κ2) is 11.3. The molecule has 0 saturated heterocycles. The van der Waals surface area contributed by atoms with Crippen molar-refractivity contribution >= 4 is 23.1 Å². The molecule has 0 saturated carbocycles. The van der Waals surface area contributed by atoms with Crippen molar-refractivity contribution in [1.82, 2.24) is 0 Å². The van der Waals surface area contributed by atoms with Crippen LogP contribution in [0.15, 0.2) is 36.4 Å². The van der Waals surface area contributed by atoms with Crippen LogP contribution in [0.1, 0.15) is 16.7 Å². The molecular weight excluding hydrogens is 327 g/mol. The van der Waals surface area contributed by atoms with E-state index < -0.39 is 0 Å². The molecule has 0 fully saturated rings. The van der Waals surface area contributed by atoms with E-state index in [2.05, 4.69) is 51.1 Å². The molecule has 0 spiro atoms. The molecule has 0 atom stereocenters. The van der Waals surface area contributed by atoms with Gasteiger partial charge < -0.3 is 29.4 Å². The molecule has 0 amide bonds. The topological polar surface area (TPSA) is 0 Å². The predicted octanol–water partition coefficient (Wildman–Crippen LogP) is -5.29. The van der Waals surface area contributed by atoms with Crippen molar-refractivity contribution in [3.8, 4) is 11.1 Å². The van der Waals surface area contributed by atoms with Crippen LogP contribution in [-0.2, 0) is 0 Å². The van der Waals surface area contributed by atoms with Crippen molar-refractivity contribution in [2.24, 2.45) is 0 Å². The van der Waals surface area contributed by atoms with Crippen molar-refractivity contribution in [3.05, 3.63) is 59.2 Å². The Morgan fingerprint density at radius 3 is 1.89 bits per heavy atom. The molecule has 2 rings (SSSR count). The van der Waals surface area contributed by atoms with Gasteiger partial charge in [-0.2, -0.15) is 0 Å². The van der Waals surface area contributed by atoms with Gasteiger partial charge >= 0.3 is 41.9 Å². The minimum absolute atomic E-state index is 0. The molecule has 0 bridgehead atoms. The normalized spacial score (nSPS) is 8.16. The molecule has 0 nitrogen and oxygen atoms in total. The van der Waals surface area contributed by atoms with Gasteiger partial charge in [-0.3, -0.25) is 0 Å². The van der Waals surface area contributed by atoms with Crippen molar-refractivity contribution in [2.45, 2.75) is 20.8 Å². The van der Waals surface area contributed by atoms with E-state index in [4.69, 9.17) is 0 Å². The summed E-state index contributed by atoms with van der Waals surface area (Å²) in [5.41, 5.74) is 6.49. The number of hydrogen-bond donors (Lipinski definition) is 0. The van der Waals surface area contributed by atoms with E-state index in [9.17, 15) is 0 Å². The first-order valence-corrected chi connectivity index (χ1v) is 5.23. The second-order valence-corrected chi connectivity index (χ2v) is 4.05. The smallest absolute Gasteiger partial charge is 1.00 e. The molecule has 0 aliphatic rings. The summed E-state index contributed by atoms with van der Waals surface area (Å²) in [6.45, 7) is 6.46. The van der Waals surface area contributed by atoms with E-state index in [1.165, 1.54) is 27.8 Å². The van der Waals surface area contributed by atoms with Crippen molar-refractivity contribution < 1.29 is 48.2 Å². The van der Waals surface area contributed by atoms with Crippen LogP contribution in [0.5, 0.6) is 0 Å². The molecule has 92 valence electrons. The molecule has 0 aromatic heterocycles. The number of hydrogen-bond acceptors (Lipinski definition) is 0. The second-order valence-electron chi connectivity index (χ2n) is 4.05. The van der Waals surface area contributed by atoms with E-state index in [0.29, 0.717) is 0 Å². The molecule has 4 heteroatoms.